The summed E-state index contributed by atoms with van der Waals surface area (Å²) in [4.78, 5) is 0. The molecule has 1 aromatic carbocycles. The zero-order valence-corrected chi connectivity index (χ0v) is 13.8. The Morgan fingerprint density at radius 1 is 1.19 bits per heavy atom. The fraction of sp³-hybridized carbons (Fsp3) is 0.556. The minimum Gasteiger partial charge on any atom is -0.490 e. The Hall–Kier alpha value is -1.48. The number of para-hydroxylation sites is 1. The van der Waals surface area contributed by atoms with E-state index >= 15 is 0 Å². The Kier molecular flexibility index (Phi) is 5.29. The maximum atomic E-state index is 6.14. The number of fused-ring (bicyclic) bond motifs is 1. The van der Waals surface area contributed by atoms with E-state index < -0.39 is 0 Å². The van der Waals surface area contributed by atoms with Crippen molar-refractivity contribution in [2.45, 2.75) is 47.1 Å². The van der Waals surface area contributed by atoms with E-state index in [4.69, 9.17) is 9.15 Å². The first-order chi connectivity index (χ1) is 10.0. The molecule has 0 bridgehead atoms. The third-order valence-electron chi connectivity index (χ3n) is 3.51. The average Bonchev–Trinajstić information content (AvgIpc) is 2.78. The first-order valence-corrected chi connectivity index (χ1v) is 7.92. The van der Waals surface area contributed by atoms with Crippen LogP contribution in [0, 0.1) is 5.92 Å². The van der Waals surface area contributed by atoms with Gasteiger partial charge in [-0.3, -0.25) is 0 Å². The minimum atomic E-state index is 0.430. The predicted octanol–water partition coefficient (Wildman–Crippen LogP) is 4.70. The van der Waals surface area contributed by atoms with E-state index in [2.05, 4.69) is 39.1 Å². The Morgan fingerprint density at radius 2 is 1.95 bits per heavy atom. The highest BCUT2D eigenvalue weighted by molar-refractivity contribution is 5.87. The van der Waals surface area contributed by atoms with Crippen molar-refractivity contribution >= 4 is 11.0 Å². The van der Waals surface area contributed by atoms with Gasteiger partial charge in [0.15, 0.2) is 11.3 Å². The van der Waals surface area contributed by atoms with E-state index in [1.54, 1.807) is 0 Å². The van der Waals surface area contributed by atoms with Crippen molar-refractivity contribution in [3.63, 3.8) is 0 Å². The van der Waals surface area contributed by atoms with E-state index in [1.807, 2.05) is 19.1 Å². The predicted molar refractivity (Wildman–Crippen MR) is 88.0 cm³/mol. The lowest BCUT2D eigenvalue weighted by Gasteiger charge is -2.09. The van der Waals surface area contributed by atoms with Gasteiger partial charge >= 0.3 is 0 Å². The smallest absolute Gasteiger partial charge is 0.176 e. The van der Waals surface area contributed by atoms with Gasteiger partial charge in [0.1, 0.15) is 5.76 Å². The number of benzene rings is 1. The Morgan fingerprint density at radius 3 is 2.57 bits per heavy atom. The van der Waals surface area contributed by atoms with E-state index in [-0.39, 0.29) is 0 Å². The lowest BCUT2D eigenvalue weighted by Crippen LogP contribution is -2.19. The third kappa shape index (κ3) is 3.59. The van der Waals surface area contributed by atoms with Gasteiger partial charge in [0.05, 0.1) is 13.2 Å². The fourth-order valence-electron chi connectivity index (χ4n) is 2.67. The molecule has 1 N–H and O–H groups in total. The molecule has 0 spiro atoms. The summed E-state index contributed by atoms with van der Waals surface area (Å²) in [6.45, 7) is 13.3. The quantitative estimate of drug-likeness (QED) is 0.802. The average molecular weight is 289 g/mol. The largest absolute Gasteiger partial charge is 0.490 e. The lowest BCUT2D eigenvalue weighted by atomic mass is 9.99. The third-order valence-corrected chi connectivity index (χ3v) is 3.51. The van der Waals surface area contributed by atoms with Crippen molar-refractivity contribution in [2.75, 3.05) is 13.2 Å². The lowest BCUT2D eigenvalue weighted by molar-refractivity contribution is 0.337. The van der Waals surface area contributed by atoms with Crippen molar-refractivity contribution in [1.29, 1.82) is 0 Å². The van der Waals surface area contributed by atoms with Crippen LogP contribution in [0.25, 0.3) is 11.0 Å². The van der Waals surface area contributed by atoms with Gasteiger partial charge in [0, 0.05) is 10.9 Å². The molecule has 0 aliphatic rings. The van der Waals surface area contributed by atoms with Gasteiger partial charge < -0.3 is 14.5 Å². The molecule has 3 heteroatoms. The van der Waals surface area contributed by atoms with Crippen molar-refractivity contribution in [1.82, 2.24) is 5.32 Å². The number of hydrogen-bond donors (Lipinski definition) is 1. The Bertz CT molecular complexity index is 584. The SMILES string of the molecule is CCOc1cccc2c(C(C)C)c(CNCC(C)C)oc12. The molecule has 0 amide bonds. The monoisotopic (exact) mass is 289 g/mol. The zero-order chi connectivity index (χ0) is 15.4. The highest BCUT2D eigenvalue weighted by Gasteiger charge is 2.19. The Labute approximate surface area is 127 Å². The van der Waals surface area contributed by atoms with E-state index in [0.717, 1.165) is 30.2 Å². The van der Waals surface area contributed by atoms with Crippen LogP contribution in [0.2, 0.25) is 0 Å². The fourth-order valence-corrected chi connectivity index (χ4v) is 2.67. The summed E-state index contributed by atoms with van der Waals surface area (Å²) in [5, 5.41) is 4.65. The van der Waals surface area contributed by atoms with Crippen LogP contribution in [0.5, 0.6) is 5.75 Å². The number of ether oxygens (including phenoxy) is 1. The molecular weight excluding hydrogens is 262 g/mol. The van der Waals surface area contributed by atoms with Crippen LogP contribution in [0.3, 0.4) is 0 Å². The Balaban J connectivity index is 2.39. The van der Waals surface area contributed by atoms with Crippen LogP contribution in [0.4, 0.5) is 0 Å². The van der Waals surface area contributed by atoms with Gasteiger partial charge in [-0.25, -0.2) is 0 Å². The van der Waals surface area contributed by atoms with Gasteiger partial charge in [0.25, 0.3) is 0 Å². The van der Waals surface area contributed by atoms with Crippen LogP contribution in [0.1, 0.15) is 51.9 Å². The first-order valence-electron chi connectivity index (χ1n) is 7.92. The van der Waals surface area contributed by atoms with Gasteiger partial charge in [-0.2, -0.15) is 0 Å². The van der Waals surface area contributed by atoms with E-state index in [1.165, 1.54) is 10.9 Å². The maximum Gasteiger partial charge on any atom is 0.176 e. The molecule has 3 nitrogen and oxygen atoms in total. The highest BCUT2D eigenvalue weighted by atomic mass is 16.5. The minimum absolute atomic E-state index is 0.430. The first kappa shape index (κ1) is 15.9. The number of rotatable bonds is 7. The zero-order valence-electron chi connectivity index (χ0n) is 13.8. The highest BCUT2D eigenvalue weighted by Crippen LogP contribution is 2.36. The molecular formula is C18H27NO2. The molecule has 0 radical (unpaired) electrons. The number of nitrogens with one attached hydrogen (secondary N) is 1. The number of hydrogen-bond acceptors (Lipinski definition) is 3. The second kappa shape index (κ2) is 6.99. The van der Waals surface area contributed by atoms with Crippen LogP contribution in [-0.4, -0.2) is 13.2 Å². The molecule has 0 atom stereocenters. The van der Waals surface area contributed by atoms with Crippen molar-refractivity contribution in [2.24, 2.45) is 5.92 Å². The van der Waals surface area contributed by atoms with Gasteiger partial charge in [-0.1, -0.05) is 39.8 Å². The van der Waals surface area contributed by atoms with Crippen molar-refractivity contribution in [3.8, 4) is 5.75 Å². The van der Waals surface area contributed by atoms with Crippen LogP contribution < -0.4 is 10.1 Å². The molecule has 0 saturated carbocycles. The normalized spacial score (nSPS) is 11.8. The topological polar surface area (TPSA) is 34.4 Å². The molecule has 0 saturated heterocycles. The number of furan rings is 1. The molecule has 21 heavy (non-hydrogen) atoms. The van der Waals surface area contributed by atoms with Crippen LogP contribution in [-0.2, 0) is 6.54 Å². The summed E-state index contributed by atoms with van der Waals surface area (Å²) in [5.74, 6) is 2.94. The van der Waals surface area contributed by atoms with Crippen LogP contribution >= 0.6 is 0 Å². The molecule has 1 heterocycles. The molecule has 2 rings (SSSR count). The van der Waals surface area contributed by atoms with Crippen molar-refractivity contribution in [3.05, 3.63) is 29.5 Å². The van der Waals surface area contributed by atoms with Gasteiger partial charge in [-0.15, -0.1) is 0 Å². The molecule has 0 aliphatic carbocycles. The van der Waals surface area contributed by atoms with E-state index in [9.17, 15) is 0 Å². The summed E-state index contributed by atoms with van der Waals surface area (Å²) in [7, 11) is 0. The molecule has 116 valence electrons. The van der Waals surface area contributed by atoms with Gasteiger partial charge in [0.2, 0.25) is 0 Å². The van der Waals surface area contributed by atoms with Gasteiger partial charge in [-0.05, 0) is 31.4 Å². The summed E-state index contributed by atoms with van der Waals surface area (Å²) >= 11 is 0. The summed E-state index contributed by atoms with van der Waals surface area (Å²) in [5.41, 5.74) is 2.17. The molecule has 0 unspecified atom stereocenters. The van der Waals surface area contributed by atoms with Crippen molar-refractivity contribution < 1.29 is 9.15 Å². The summed E-state index contributed by atoms with van der Waals surface area (Å²) < 4.78 is 11.8. The maximum absolute atomic E-state index is 6.14. The molecule has 2 aromatic rings. The molecule has 1 aromatic heterocycles. The standard InChI is InChI=1S/C18H27NO2/c1-6-20-15-9-7-8-14-17(13(4)5)16(21-18(14)15)11-19-10-12(2)3/h7-9,12-13,19H,6,10-11H2,1-5H3. The van der Waals surface area contributed by atoms with E-state index in [0.29, 0.717) is 18.4 Å². The van der Waals surface area contributed by atoms with Crippen LogP contribution in [0.15, 0.2) is 22.6 Å². The second-order valence-corrected chi connectivity index (χ2v) is 6.18. The summed E-state index contributed by atoms with van der Waals surface area (Å²) in [6.07, 6.45) is 0. The second-order valence-electron chi connectivity index (χ2n) is 6.18. The molecule has 0 fully saturated rings. The summed E-state index contributed by atoms with van der Waals surface area (Å²) in [6, 6.07) is 6.15. The molecule has 0 aliphatic heterocycles.